The molecular weight excluding hydrogens is 599 g/mol. The molecule has 230 valence electrons. The number of aryl methyl sites for hydroxylation is 1. The zero-order valence-corrected chi connectivity index (χ0v) is 26.7. The Morgan fingerprint density at radius 1 is 0.388 bits per heavy atom. The second kappa shape index (κ2) is 10.7. The topological polar surface area (TPSA) is 48.0 Å². The summed E-state index contributed by atoms with van der Waals surface area (Å²) in [6, 6.07) is 55.1. The lowest BCUT2D eigenvalue weighted by Crippen LogP contribution is -2.01. The van der Waals surface area contributed by atoms with Gasteiger partial charge in [-0.15, -0.1) is 0 Å². The average Bonchev–Trinajstić information content (AvgIpc) is 3.68. The van der Waals surface area contributed by atoms with Crippen molar-refractivity contribution in [1.29, 1.82) is 0 Å². The van der Waals surface area contributed by atoms with Crippen LogP contribution in [0.15, 0.2) is 158 Å². The van der Waals surface area contributed by atoms with Gasteiger partial charge in [-0.1, -0.05) is 133 Å². The summed E-state index contributed by atoms with van der Waals surface area (Å²) in [5.74, 6) is 1.94. The molecule has 0 aliphatic heterocycles. The molecule has 0 spiro atoms. The standard InChI is InChI=1S/C44H29N5/c1-28-39-35-23-9-8-21-33(35)34-22-10-12-25-37(34)49(39)41-36-24-11-13-26-38(36)48(40(28)41)32-20-14-19-31(27-32)44-46-42(29-15-4-2-5-16-29)45-43(47-44)30-17-6-3-7-18-30/h2-27H,1H3. The molecule has 49 heavy (non-hydrogen) atoms. The van der Waals surface area contributed by atoms with Crippen LogP contribution in [0.4, 0.5) is 0 Å². The number of para-hydroxylation sites is 2. The van der Waals surface area contributed by atoms with Crippen molar-refractivity contribution in [1.82, 2.24) is 23.9 Å². The molecule has 4 heterocycles. The van der Waals surface area contributed by atoms with Crippen LogP contribution in [-0.4, -0.2) is 23.9 Å². The fourth-order valence-corrected chi connectivity index (χ4v) is 7.56. The molecule has 0 radical (unpaired) electrons. The summed E-state index contributed by atoms with van der Waals surface area (Å²) in [4.78, 5) is 15.0. The predicted octanol–water partition coefficient (Wildman–Crippen LogP) is 10.8. The SMILES string of the molecule is Cc1c2c(c3ccccc3n2-c2cccc(-c3nc(-c4ccccc4)nc(-c4ccccc4)n3)c2)n2c3ccccc3c3ccccc3c12. The lowest BCUT2D eigenvalue weighted by molar-refractivity contribution is 1.07. The zero-order chi connectivity index (χ0) is 32.5. The van der Waals surface area contributed by atoms with Gasteiger partial charge in [-0.3, -0.25) is 0 Å². The molecule has 0 saturated carbocycles. The van der Waals surface area contributed by atoms with E-state index in [2.05, 4.69) is 113 Å². The number of hydrogen-bond acceptors (Lipinski definition) is 3. The van der Waals surface area contributed by atoms with E-state index in [0.29, 0.717) is 17.5 Å². The molecule has 0 unspecified atom stereocenters. The van der Waals surface area contributed by atoms with Crippen LogP contribution in [0.2, 0.25) is 0 Å². The van der Waals surface area contributed by atoms with Gasteiger partial charge >= 0.3 is 0 Å². The second-order valence-corrected chi connectivity index (χ2v) is 12.5. The Morgan fingerprint density at radius 2 is 0.898 bits per heavy atom. The summed E-state index contributed by atoms with van der Waals surface area (Å²) in [6.07, 6.45) is 0. The molecule has 10 rings (SSSR count). The van der Waals surface area contributed by atoms with Gasteiger partial charge in [-0.2, -0.15) is 0 Å². The Morgan fingerprint density at radius 3 is 1.57 bits per heavy atom. The molecule has 0 saturated heterocycles. The van der Waals surface area contributed by atoms with Crippen LogP contribution < -0.4 is 0 Å². The maximum atomic E-state index is 5.03. The highest BCUT2D eigenvalue weighted by Crippen LogP contribution is 2.42. The molecule has 5 nitrogen and oxygen atoms in total. The van der Waals surface area contributed by atoms with E-state index in [9.17, 15) is 0 Å². The van der Waals surface area contributed by atoms with E-state index in [1.807, 2.05) is 60.7 Å². The molecule has 10 aromatic rings. The van der Waals surface area contributed by atoms with E-state index >= 15 is 0 Å². The maximum Gasteiger partial charge on any atom is 0.164 e. The molecule has 0 fully saturated rings. The number of hydrogen-bond donors (Lipinski definition) is 0. The molecular formula is C44H29N5. The van der Waals surface area contributed by atoms with E-state index in [-0.39, 0.29) is 0 Å². The van der Waals surface area contributed by atoms with Crippen LogP contribution in [0, 0.1) is 6.92 Å². The Hall–Kier alpha value is -6.59. The zero-order valence-electron chi connectivity index (χ0n) is 26.7. The second-order valence-electron chi connectivity index (χ2n) is 12.5. The number of fused-ring (bicyclic) bond motifs is 10. The number of pyridine rings is 1. The van der Waals surface area contributed by atoms with E-state index in [4.69, 9.17) is 15.0 Å². The average molecular weight is 628 g/mol. The molecule has 6 aromatic carbocycles. The van der Waals surface area contributed by atoms with Gasteiger partial charge in [0.1, 0.15) is 0 Å². The summed E-state index contributed by atoms with van der Waals surface area (Å²) in [5.41, 5.74) is 11.2. The number of aromatic nitrogens is 5. The summed E-state index contributed by atoms with van der Waals surface area (Å²) in [6.45, 7) is 2.27. The van der Waals surface area contributed by atoms with Gasteiger partial charge in [0.15, 0.2) is 17.5 Å². The monoisotopic (exact) mass is 627 g/mol. The van der Waals surface area contributed by atoms with Crippen LogP contribution >= 0.6 is 0 Å². The van der Waals surface area contributed by atoms with Crippen LogP contribution in [0.1, 0.15) is 5.56 Å². The molecule has 0 aliphatic rings. The van der Waals surface area contributed by atoms with Gasteiger partial charge in [0.05, 0.1) is 27.6 Å². The molecule has 0 amide bonds. The van der Waals surface area contributed by atoms with Crippen molar-refractivity contribution in [3.8, 4) is 39.9 Å². The quantitative estimate of drug-likeness (QED) is 0.182. The fourth-order valence-electron chi connectivity index (χ4n) is 7.56. The summed E-state index contributed by atoms with van der Waals surface area (Å²) < 4.78 is 4.90. The van der Waals surface area contributed by atoms with Crippen molar-refractivity contribution in [3.63, 3.8) is 0 Å². The van der Waals surface area contributed by atoms with E-state index in [1.54, 1.807) is 0 Å². The maximum absolute atomic E-state index is 5.03. The summed E-state index contributed by atoms with van der Waals surface area (Å²) in [5, 5.41) is 4.99. The minimum atomic E-state index is 0.637. The van der Waals surface area contributed by atoms with Gasteiger partial charge in [-0.05, 0) is 42.1 Å². The van der Waals surface area contributed by atoms with Gasteiger partial charge in [0.25, 0.3) is 0 Å². The first kappa shape index (κ1) is 27.5. The molecule has 0 bridgehead atoms. The van der Waals surface area contributed by atoms with Crippen molar-refractivity contribution in [2.45, 2.75) is 6.92 Å². The number of nitrogens with zero attached hydrogens (tertiary/aromatic N) is 5. The highest BCUT2D eigenvalue weighted by Gasteiger charge is 2.23. The first-order valence-electron chi connectivity index (χ1n) is 16.6. The van der Waals surface area contributed by atoms with E-state index in [0.717, 1.165) is 27.9 Å². The molecule has 4 aromatic heterocycles. The Balaban J connectivity index is 1.26. The van der Waals surface area contributed by atoms with Crippen molar-refractivity contribution in [2.24, 2.45) is 0 Å². The van der Waals surface area contributed by atoms with Crippen LogP contribution in [-0.2, 0) is 0 Å². The minimum Gasteiger partial charge on any atom is -0.307 e. The smallest absolute Gasteiger partial charge is 0.164 e. The molecule has 0 atom stereocenters. The van der Waals surface area contributed by atoms with Crippen LogP contribution in [0.25, 0.3) is 89.0 Å². The van der Waals surface area contributed by atoms with Gasteiger partial charge in [-0.25, -0.2) is 15.0 Å². The van der Waals surface area contributed by atoms with Crippen LogP contribution in [0.5, 0.6) is 0 Å². The normalized spacial score (nSPS) is 11.8. The highest BCUT2D eigenvalue weighted by molar-refractivity contribution is 6.21. The first-order valence-corrected chi connectivity index (χ1v) is 16.6. The number of benzene rings is 6. The lowest BCUT2D eigenvalue weighted by Gasteiger charge is -2.12. The van der Waals surface area contributed by atoms with Gasteiger partial charge < -0.3 is 8.97 Å². The third kappa shape index (κ3) is 4.16. The number of rotatable bonds is 4. The first-order chi connectivity index (χ1) is 24.2. The van der Waals surface area contributed by atoms with Crippen molar-refractivity contribution in [2.75, 3.05) is 0 Å². The third-order valence-corrected chi connectivity index (χ3v) is 9.68. The summed E-state index contributed by atoms with van der Waals surface area (Å²) >= 11 is 0. The van der Waals surface area contributed by atoms with Crippen molar-refractivity contribution >= 4 is 49.1 Å². The Kier molecular flexibility index (Phi) is 6.02. The van der Waals surface area contributed by atoms with Gasteiger partial charge in [0.2, 0.25) is 0 Å². The van der Waals surface area contributed by atoms with Crippen molar-refractivity contribution in [3.05, 3.63) is 163 Å². The van der Waals surface area contributed by atoms with Crippen LogP contribution in [0.3, 0.4) is 0 Å². The largest absolute Gasteiger partial charge is 0.307 e. The van der Waals surface area contributed by atoms with E-state index < -0.39 is 0 Å². The van der Waals surface area contributed by atoms with Gasteiger partial charge in [0, 0.05) is 38.5 Å². The van der Waals surface area contributed by atoms with Crippen molar-refractivity contribution < 1.29 is 0 Å². The Bertz CT molecular complexity index is 2830. The molecule has 0 aliphatic carbocycles. The third-order valence-electron chi connectivity index (χ3n) is 9.68. The lowest BCUT2D eigenvalue weighted by atomic mass is 10.0. The highest BCUT2D eigenvalue weighted by atomic mass is 15.1. The molecule has 0 N–H and O–H groups in total. The minimum absolute atomic E-state index is 0.637. The predicted molar refractivity (Wildman–Crippen MR) is 201 cm³/mol. The fraction of sp³-hybridized carbons (Fsp3) is 0.0227. The summed E-state index contributed by atoms with van der Waals surface area (Å²) in [7, 11) is 0. The molecule has 5 heteroatoms. The Labute approximate surface area is 282 Å². The van der Waals surface area contributed by atoms with E-state index in [1.165, 1.54) is 49.2 Å².